The Labute approximate surface area is 123 Å². The zero-order chi connectivity index (χ0) is 14.1. The first kappa shape index (κ1) is 15.0. The van der Waals surface area contributed by atoms with Crippen LogP contribution in [0.1, 0.15) is 19.3 Å². The summed E-state index contributed by atoms with van der Waals surface area (Å²) in [5, 5.41) is 0.427. The Hall–Kier alpha value is -0.430. The monoisotopic (exact) mass is 320 g/mol. The number of hydrogen-bond acceptors (Lipinski definition) is 4. The number of hydrogen-bond donors (Lipinski definition) is 2. The third-order valence-corrected chi connectivity index (χ3v) is 6.67. The quantitative estimate of drug-likeness (QED) is 0.818. The molecule has 19 heavy (non-hydrogen) atoms. The second-order valence-electron chi connectivity index (χ2n) is 4.75. The molecule has 0 atom stereocenters. The molecule has 7 heteroatoms. The number of anilines is 1. The Morgan fingerprint density at radius 2 is 2.16 bits per heavy atom. The molecule has 0 aliphatic heterocycles. The smallest absolute Gasteiger partial charge is 0.242 e. The van der Waals surface area contributed by atoms with Crippen LogP contribution in [0.4, 0.5) is 5.69 Å². The summed E-state index contributed by atoms with van der Waals surface area (Å²) in [6.45, 7) is 0.443. The average molecular weight is 321 g/mol. The highest BCUT2D eigenvalue weighted by Gasteiger charge is 2.37. The summed E-state index contributed by atoms with van der Waals surface area (Å²) in [7, 11) is -3.57. The van der Waals surface area contributed by atoms with Gasteiger partial charge in [-0.2, -0.15) is 11.8 Å². The standard InChI is InChI=1S/C12H17ClN2O2S2/c1-18-12(5-2-6-12)8-15-19(16,17)11-4-3-9(13)7-10(11)14/h3-4,7,15H,2,5-6,8,14H2,1H3. The summed E-state index contributed by atoms with van der Waals surface area (Å²) in [5.41, 5.74) is 5.89. The number of nitrogens with one attached hydrogen (secondary N) is 1. The highest BCUT2D eigenvalue weighted by Crippen LogP contribution is 2.42. The van der Waals surface area contributed by atoms with Gasteiger partial charge in [-0.1, -0.05) is 18.0 Å². The largest absolute Gasteiger partial charge is 0.398 e. The van der Waals surface area contributed by atoms with Gasteiger partial charge in [-0.05, 0) is 37.3 Å². The van der Waals surface area contributed by atoms with Crippen LogP contribution in [0, 0.1) is 0 Å². The SMILES string of the molecule is CSC1(CNS(=O)(=O)c2ccc(Cl)cc2N)CCC1. The minimum atomic E-state index is -3.57. The lowest BCUT2D eigenvalue weighted by Gasteiger charge is -2.40. The molecule has 1 aliphatic rings. The fraction of sp³-hybridized carbons (Fsp3) is 0.500. The van der Waals surface area contributed by atoms with Crippen LogP contribution in [0.5, 0.6) is 0 Å². The third-order valence-electron chi connectivity index (χ3n) is 3.54. The molecule has 2 rings (SSSR count). The van der Waals surface area contributed by atoms with Crippen LogP contribution >= 0.6 is 23.4 Å². The Morgan fingerprint density at radius 1 is 1.47 bits per heavy atom. The lowest BCUT2D eigenvalue weighted by Crippen LogP contribution is -2.45. The molecule has 1 aromatic carbocycles. The first-order valence-electron chi connectivity index (χ1n) is 5.98. The molecule has 4 nitrogen and oxygen atoms in total. The lowest BCUT2D eigenvalue weighted by molar-refractivity contribution is 0.362. The summed E-state index contributed by atoms with van der Waals surface area (Å²) in [6.07, 6.45) is 5.27. The van der Waals surface area contributed by atoms with Crippen molar-refractivity contribution in [2.75, 3.05) is 18.5 Å². The van der Waals surface area contributed by atoms with Crippen molar-refractivity contribution in [3.63, 3.8) is 0 Å². The minimum absolute atomic E-state index is 0.0499. The van der Waals surface area contributed by atoms with Gasteiger partial charge in [-0.3, -0.25) is 0 Å². The van der Waals surface area contributed by atoms with E-state index in [4.69, 9.17) is 17.3 Å². The molecule has 0 heterocycles. The molecule has 1 aliphatic carbocycles. The van der Waals surface area contributed by atoms with Crippen LogP contribution in [0.15, 0.2) is 23.1 Å². The van der Waals surface area contributed by atoms with E-state index in [0.29, 0.717) is 11.6 Å². The van der Waals surface area contributed by atoms with Crippen molar-refractivity contribution in [1.29, 1.82) is 0 Å². The highest BCUT2D eigenvalue weighted by atomic mass is 35.5. The first-order chi connectivity index (χ1) is 8.88. The molecule has 0 bridgehead atoms. The maximum absolute atomic E-state index is 12.2. The van der Waals surface area contributed by atoms with E-state index in [9.17, 15) is 8.42 Å². The highest BCUT2D eigenvalue weighted by molar-refractivity contribution is 8.00. The van der Waals surface area contributed by atoms with E-state index < -0.39 is 10.0 Å². The molecule has 0 saturated heterocycles. The predicted octanol–water partition coefficient (Wildman–Crippen LogP) is 2.49. The number of rotatable bonds is 5. The summed E-state index contributed by atoms with van der Waals surface area (Å²) in [6, 6.07) is 4.41. The second-order valence-corrected chi connectivity index (χ2v) is 8.19. The molecular weight excluding hydrogens is 304 g/mol. The number of sulfonamides is 1. The van der Waals surface area contributed by atoms with Gasteiger partial charge >= 0.3 is 0 Å². The van der Waals surface area contributed by atoms with Gasteiger partial charge in [0.05, 0.1) is 5.69 Å². The molecule has 1 saturated carbocycles. The molecule has 0 unspecified atom stereocenters. The van der Waals surface area contributed by atoms with Crippen molar-refractivity contribution in [2.24, 2.45) is 0 Å². The van der Waals surface area contributed by atoms with Crippen LogP contribution in [0.3, 0.4) is 0 Å². The van der Waals surface area contributed by atoms with Gasteiger partial charge < -0.3 is 5.73 Å². The van der Waals surface area contributed by atoms with Gasteiger partial charge in [-0.25, -0.2) is 13.1 Å². The molecule has 1 fully saturated rings. The van der Waals surface area contributed by atoms with E-state index in [1.165, 1.54) is 18.2 Å². The number of thioether (sulfide) groups is 1. The number of benzene rings is 1. The normalized spacial score (nSPS) is 18.0. The van der Waals surface area contributed by atoms with Crippen LogP contribution < -0.4 is 10.5 Å². The van der Waals surface area contributed by atoms with Gasteiger partial charge in [0.15, 0.2) is 0 Å². The summed E-state index contributed by atoms with van der Waals surface area (Å²) < 4.78 is 27.2. The van der Waals surface area contributed by atoms with E-state index in [1.807, 2.05) is 6.26 Å². The van der Waals surface area contributed by atoms with Crippen molar-refractivity contribution in [2.45, 2.75) is 28.9 Å². The van der Waals surface area contributed by atoms with E-state index in [1.54, 1.807) is 11.8 Å². The van der Waals surface area contributed by atoms with E-state index in [2.05, 4.69) is 4.72 Å². The molecule has 0 amide bonds. The predicted molar refractivity (Wildman–Crippen MR) is 81.1 cm³/mol. The van der Waals surface area contributed by atoms with Crippen molar-refractivity contribution < 1.29 is 8.42 Å². The van der Waals surface area contributed by atoms with Crippen molar-refractivity contribution >= 4 is 39.1 Å². The number of nitrogens with two attached hydrogens (primary N) is 1. The van der Waals surface area contributed by atoms with Gasteiger partial charge in [0.2, 0.25) is 10.0 Å². The lowest BCUT2D eigenvalue weighted by atomic mass is 9.84. The summed E-state index contributed by atoms with van der Waals surface area (Å²) in [5.74, 6) is 0. The Balaban J connectivity index is 2.14. The molecule has 0 radical (unpaired) electrons. The fourth-order valence-electron chi connectivity index (χ4n) is 2.09. The van der Waals surface area contributed by atoms with E-state index >= 15 is 0 Å². The van der Waals surface area contributed by atoms with Gasteiger partial charge in [0.25, 0.3) is 0 Å². The molecule has 0 spiro atoms. The van der Waals surface area contributed by atoms with Crippen LogP contribution in [0.2, 0.25) is 5.02 Å². The van der Waals surface area contributed by atoms with Crippen molar-refractivity contribution in [1.82, 2.24) is 4.72 Å². The van der Waals surface area contributed by atoms with Crippen LogP contribution in [0.25, 0.3) is 0 Å². The van der Waals surface area contributed by atoms with Gasteiger partial charge in [-0.15, -0.1) is 0 Å². The Kier molecular flexibility index (Phi) is 4.35. The molecular formula is C12H17ClN2O2S2. The summed E-state index contributed by atoms with van der Waals surface area (Å²) >= 11 is 7.49. The average Bonchev–Trinajstić information content (AvgIpc) is 2.27. The Morgan fingerprint density at radius 3 is 2.63 bits per heavy atom. The van der Waals surface area contributed by atoms with E-state index in [0.717, 1.165) is 19.3 Å². The Bertz CT molecular complexity index is 566. The fourth-order valence-corrected chi connectivity index (χ4v) is 4.52. The van der Waals surface area contributed by atoms with E-state index in [-0.39, 0.29) is 15.3 Å². The molecule has 1 aromatic rings. The van der Waals surface area contributed by atoms with Crippen molar-refractivity contribution in [3.8, 4) is 0 Å². The summed E-state index contributed by atoms with van der Waals surface area (Å²) in [4.78, 5) is 0.0903. The maximum atomic E-state index is 12.2. The molecule has 0 aromatic heterocycles. The van der Waals surface area contributed by atoms with Crippen LogP contribution in [-0.4, -0.2) is 26.0 Å². The van der Waals surface area contributed by atoms with Gasteiger partial charge in [0.1, 0.15) is 4.90 Å². The minimum Gasteiger partial charge on any atom is -0.398 e. The van der Waals surface area contributed by atoms with Crippen molar-refractivity contribution in [3.05, 3.63) is 23.2 Å². The van der Waals surface area contributed by atoms with Crippen LogP contribution in [-0.2, 0) is 10.0 Å². The number of nitrogen functional groups attached to an aromatic ring is 1. The number of halogens is 1. The molecule has 3 N–H and O–H groups in total. The van der Waals surface area contributed by atoms with Gasteiger partial charge in [0, 0.05) is 16.3 Å². The molecule has 106 valence electrons. The maximum Gasteiger partial charge on any atom is 0.242 e. The third kappa shape index (κ3) is 3.18. The topological polar surface area (TPSA) is 72.2 Å². The zero-order valence-corrected chi connectivity index (χ0v) is 13.0. The first-order valence-corrected chi connectivity index (χ1v) is 9.07. The second kappa shape index (κ2) is 5.52. The zero-order valence-electron chi connectivity index (χ0n) is 10.6.